The fourth-order valence-electron chi connectivity index (χ4n) is 7.02. The van der Waals surface area contributed by atoms with Crippen LogP contribution in [-0.4, -0.2) is 61.7 Å². The minimum atomic E-state index is -3.84. The summed E-state index contributed by atoms with van der Waals surface area (Å²) >= 11 is 0. The molecule has 42 heavy (non-hydrogen) atoms. The normalized spacial score (nSPS) is 21.1. The molecule has 2 unspecified atom stereocenters. The molecule has 2 atom stereocenters. The maximum absolute atomic E-state index is 13.4. The molecule has 1 aliphatic carbocycles. The van der Waals surface area contributed by atoms with Crippen LogP contribution < -0.4 is 10.0 Å². The quantitative estimate of drug-likeness (QED) is 0.355. The van der Waals surface area contributed by atoms with E-state index in [1.54, 1.807) is 0 Å². The molecule has 1 amide bonds. The summed E-state index contributed by atoms with van der Waals surface area (Å²) in [7, 11) is -0.988. The fourth-order valence-corrected chi connectivity index (χ4v) is 7.65. The van der Waals surface area contributed by atoms with Crippen LogP contribution in [0.25, 0.3) is 22.2 Å². The zero-order valence-corrected chi connectivity index (χ0v) is 25.3. The van der Waals surface area contributed by atoms with Gasteiger partial charge in [-0.15, -0.1) is 0 Å². The summed E-state index contributed by atoms with van der Waals surface area (Å²) in [5, 5.41) is 15.5. The Balaban J connectivity index is 1.47. The molecule has 1 saturated heterocycles. The highest BCUT2D eigenvalue weighted by atomic mass is 32.2. The second kappa shape index (κ2) is 12.1. The molecule has 226 valence electrons. The molecule has 1 saturated carbocycles. The van der Waals surface area contributed by atoms with E-state index < -0.39 is 16.4 Å². The number of hydrogen-bond donors (Lipinski definition) is 3. The largest absolute Gasteiger partial charge is 0.381 e. The number of aliphatic hydroxyl groups is 1. The Hall–Kier alpha value is -2.76. The van der Waals surface area contributed by atoms with Crippen LogP contribution in [0.4, 0.5) is 0 Å². The molecule has 10 heteroatoms. The molecule has 6 rings (SSSR count). The Morgan fingerprint density at radius 2 is 1.79 bits per heavy atom. The predicted octanol–water partition coefficient (Wildman–Crippen LogP) is 4.21. The first kappa shape index (κ1) is 29.3. The van der Waals surface area contributed by atoms with Crippen molar-refractivity contribution in [2.75, 3.05) is 27.3 Å². The molecule has 3 aromatic rings. The standard InChI is InChI=1S/C32H42N4O5S/c1-35(2)42(39,40)34-32(38)24-12-13-27-28(19-24)36-20-25(33-31(37)22-14-16-41-17-15-22)18-23-10-6-7-11-26(23)30(36)29(27)21-8-4-3-5-9-21/h6-7,10-13,19,21-22,25,32,34,38H,3-5,8-9,14-18,20H2,1-2H3,(H,33,37). The molecule has 0 radical (unpaired) electrons. The third-order valence-corrected chi connectivity index (χ3v) is 10.8. The van der Waals surface area contributed by atoms with Crippen molar-refractivity contribution in [3.05, 3.63) is 59.2 Å². The lowest BCUT2D eigenvalue weighted by Gasteiger charge is -2.25. The third kappa shape index (κ3) is 5.75. The summed E-state index contributed by atoms with van der Waals surface area (Å²) in [4.78, 5) is 13.4. The number of carbonyl (C=O) groups excluding carboxylic acids is 1. The van der Waals surface area contributed by atoms with E-state index >= 15 is 0 Å². The Morgan fingerprint density at radius 3 is 2.52 bits per heavy atom. The van der Waals surface area contributed by atoms with Gasteiger partial charge in [0.2, 0.25) is 5.91 Å². The predicted molar refractivity (Wildman–Crippen MR) is 163 cm³/mol. The first-order valence-corrected chi connectivity index (χ1v) is 16.7. The smallest absolute Gasteiger partial charge is 0.281 e. The molecule has 3 aliphatic rings. The third-order valence-electron chi connectivity index (χ3n) is 9.28. The number of aromatic nitrogens is 1. The summed E-state index contributed by atoms with van der Waals surface area (Å²) in [6.45, 7) is 1.82. The minimum absolute atomic E-state index is 0.0395. The number of nitrogens with one attached hydrogen (secondary N) is 2. The Kier molecular flexibility index (Phi) is 8.44. The van der Waals surface area contributed by atoms with Crippen LogP contribution in [0, 0.1) is 5.92 Å². The second-order valence-electron chi connectivity index (χ2n) is 12.2. The van der Waals surface area contributed by atoms with Gasteiger partial charge in [-0.25, -0.2) is 0 Å². The molecule has 2 aromatic carbocycles. The Labute approximate surface area is 248 Å². The van der Waals surface area contributed by atoms with Gasteiger partial charge in [0.1, 0.15) is 6.23 Å². The Morgan fingerprint density at radius 1 is 1.05 bits per heavy atom. The van der Waals surface area contributed by atoms with Gasteiger partial charge in [-0.05, 0) is 60.8 Å². The van der Waals surface area contributed by atoms with Crippen LogP contribution in [0.2, 0.25) is 0 Å². The summed E-state index contributed by atoms with van der Waals surface area (Å²) < 4.78 is 36.2. The second-order valence-corrected chi connectivity index (χ2v) is 14.2. The lowest BCUT2D eigenvalue weighted by molar-refractivity contribution is -0.128. The van der Waals surface area contributed by atoms with Crippen molar-refractivity contribution in [3.63, 3.8) is 0 Å². The van der Waals surface area contributed by atoms with Crippen molar-refractivity contribution in [2.24, 2.45) is 5.92 Å². The zero-order valence-electron chi connectivity index (χ0n) is 24.5. The number of carbonyl (C=O) groups is 1. The molecule has 2 aliphatic heterocycles. The number of hydrogen-bond acceptors (Lipinski definition) is 5. The van der Waals surface area contributed by atoms with E-state index in [0.29, 0.717) is 31.2 Å². The van der Waals surface area contributed by atoms with Gasteiger partial charge < -0.3 is 19.7 Å². The number of benzene rings is 2. The van der Waals surface area contributed by atoms with Crippen molar-refractivity contribution in [1.29, 1.82) is 0 Å². The lowest BCUT2D eigenvalue weighted by Crippen LogP contribution is -2.43. The summed E-state index contributed by atoms with van der Waals surface area (Å²) in [5.74, 6) is 0.465. The zero-order chi connectivity index (χ0) is 29.4. The van der Waals surface area contributed by atoms with Crippen molar-refractivity contribution < 1.29 is 23.1 Å². The van der Waals surface area contributed by atoms with Crippen molar-refractivity contribution in [3.8, 4) is 11.3 Å². The van der Waals surface area contributed by atoms with E-state index in [1.165, 1.54) is 55.7 Å². The van der Waals surface area contributed by atoms with E-state index in [2.05, 4.69) is 38.9 Å². The number of ether oxygens (including phenoxy) is 1. The van der Waals surface area contributed by atoms with E-state index in [9.17, 15) is 18.3 Å². The average molecular weight is 595 g/mol. The van der Waals surface area contributed by atoms with E-state index in [4.69, 9.17) is 4.74 Å². The highest BCUT2D eigenvalue weighted by molar-refractivity contribution is 7.87. The van der Waals surface area contributed by atoms with E-state index in [-0.39, 0.29) is 17.9 Å². The van der Waals surface area contributed by atoms with Crippen molar-refractivity contribution >= 4 is 27.0 Å². The maximum atomic E-state index is 13.4. The van der Waals surface area contributed by atoms with Crippen molar-refractivity contribution in [2.45, 2.75) is 76.1 Å². The molecule has 2 fully saturated rings. The van der Waals surface area contributed by atoms with Gasteiger partial charge >= 0.3 is 0 Å². The highest BCUT2D eigenvalue weighted by Gasteiger charge is 2.33. The van der Waals surface area contributed by atoms with Gasteiger partial charge in [-0.2, -0.15) is 17.4 Å². The molecular formula is C32H42N4O5S. The van der Waals surface area contributed by atoms with Crippen LogP contribution >= 0.6 is 0 Å². The van der Waals surface area contributed by atoms with E-state index in [1.807, 2.05) is 18.2 Å². The molecule has 3 N–H and O–H groups in total. The monoisotopic (exact) mass is 594 g/mol. The van der Waals surface area contributed by atoms with Crippen LogP contribution in [0.5, 0.6) is 0 Å². The number of rotatable bonds is 7. The number of nitrogens with zero attached hydrogens (tertiary/aromatic N) is 2. The summed E-state index contributed by atoms with van der Waals surface area (Å²) in [5.41, 5.74) is 6.36. The van der Waals surface area contributed by atoms with Gasteiger partial charge in [0.15, 0.2) is 0 Å². The van der Waals surface area contributed by atoms with Gasteiger partial charge in [-0.1, -0.05) is 55.7 Å². The van der Waals surface area contributed by atoms with Crippen LogP contribution in [0.3, 0.4) is 0 Å². The number of fused-ring (bicyclic) bond motifs is 5. The highest BCUT2D eigenvalue weighted by Crippen LogP contribution is 2.46. The molecule has 3 heterocycles. The van der Waals surface area contributed by atoms with Crippen LogP contribution in [0.1, 0.15) is 73.8 Å². The molecule has 0 bridgehead atoms. The summed E-state index contributed by atoms with van der Waals surface area (Å²) in [6.07, 6.45) is 6.72. The SMILES string of the molecule is CN(C)S(=O)(=O)NC(O)c1ccc2c(C3CCCCC3)c3n(c2c1)CC(NC(=O)C1CCOCC1)Cc1ccccc1-3. The number of amides is 1. The van der Waals surface area contributed by atoms with E-state index in [0.717, 1.165) is 47.3 Å². The van der Waals surface area contributed by atoms with Crippen LogP contribution in [-0.2, 0) is 32.7 Å². The van der Waals surface area contributed by atoms with Gasteiger partial charge in [0.25, 0.3) is 10.2 Å². The summed E-state index contributed by atoms with van der Waals surface area (Å²) in [6, 6.07) is 14.2. The Bertz CT molecular complexity index is 1550. The van der Waals surface area contributed by atoms with Gasteiger partial charge in [-0.3, -0.25) is 4.79 Å². The molecule has 1 aromatic heterocycles. The molecule has 9 nitrogen and oxygen atoms in total. The topological polar surface area (TPSA) is 113 Å². The molecular weight excluding hydrogens is 552 g/mol. The fraction of sp³-hybridized carbons (Fsp3) is 0.531. The first-order chi connectivity index (χ1) is 20.2. The van der Waals surface area contributed by atoms with Crippen molar-refractivity contribution in [1.82, 2.24) is 18.9 Å². The van der Waals surface area contributed by atoms with Gasteiger partial charge in [0, 0.05) is 56.2 Å². The van der Waals surface area contributed by atoms with Crippen LogP contribution in [0.15, 0.2) is 42.5 Å². The number of aliphatic hydroxyl groups excluding tert-OH is 1. The maximum Gasteiger partial charge on any atom is 0.281 e. The molecule has 0 spiro atoms. The average Bonchev–Trinajstić information content (AvgIpc) is 3.21. The minimum Gasteiger partial charge on any atom is -0.381 e. The van der Waals surface area contributed by atoms with Gasteiger partial charge in [0.05, 0.1) is 11.7 Å². The lowest BCUT2D eigenvalue weighted by atomic mass is 9.81. The first-order valence-electron chi connectivity index (χ1n) is 15.2.